The smallest absolute Gasteiger partial charge is 0.214 e. The molecule has 6 rings (SSSR count). The maximum atomic E-state index is 13.6. The van der Waals surface area contributed by atoms with Crippen LogP contribution in [-0.4, -0.2) is 79.8 Å². The second-order valence-corrected chi connectivity index (χ2v) is 28.2. The summed E-state index contributed by atoms with van der Waals surface area (Å²) < 4.78 is 36.9. The predicted molar refractivity (Wildman–Crippen MR) is 191 cm³/mol. The largest absolute Gasteiger partial charge is 0.360 e. The third-order valence-electron chi connectivity index (χ3n) is 8.87. The van der Waals surface area contributed by atoms with E-state index in [-0.39, 0.29) is 17.7 Å². The van der Waals surface area contributed by atoms with Crippen molar-refractivity contribution in [2.75, 3.05) is 18.9 Å². The molecule has 9 nitrogen and oxygen atoms in total. The van der Waals surface area contributed by atoms with Crippen LogP contribution in [0.2, 0.25) is 51.4 Å². The number of ether oxygens (including phenoxy) is 1. The van der Waals surface area contributed by atoms with Gasteiger partial charge in [-0.05, 0) is 60.3 Å². The summed E-state index contributed by atoms with van der Waals surface area (Å²) in [6, 6.07) is 16.0. The lowest BCUT2D eigenvalue weighted by atomic mass is 9.80. The molecule has 1 N–H and O–H groups in total. The minimum atomic E-state index is -3.39. The molecule has 4 aromatic rings. The number of aromatic amines is 1. The van der Waals surface area contributed by atoms with E-state index in [1.54, 1.807) is 4.31 Å². The number of benzene rings is 2. The van der Waals surface area contributed by atoms with E-state index in [1.165, 1.54) is 0 Å². The Hall–Kier alpha value is -2.91. The molecule has 1 fully saturated rings. The summed E-state index contributed by atoms with van der Waals surface area (Å²) in [6.07, 6.45) is 5.51. The van der Waals surface area contributed by atoms with Gasteiger partial charge in [0.05, 0.1) is 28.3 Å². The Morgan fingerprint density at radius 1 is 1.02 bits per heavy atom. The zero-order valence-electron chi connectivity index (χ0n) is 27.4. The molecule has 45 heavy (non-hydrogen) atoms. The number of hydrogen-bond acceptors (Lipinski definition) is 6. The highest BCUT2D eigenvalue weighted by Crippen LogP contribution is 2.40. The Bertz CT molecular complexity index is 1830. The molecule has 2 aliphatic rings. The number of H-pyrrole nitrogens is 1. The Balaban J connectivity index is 1.34. The maximum absolute atomic E-state index is 13.6. The Morgan fingerprint density at radius 3 is 2.56 bits per heavy atom. The van der Waals surface area contributed by atoms with E-state index < -0.39 is 26.2 Å². The van der Waals surface area contributed by atoms with Crippen LogP contribution in [0.5, 0.6) is 0 Å². The topological polar surface area (TPSA) is 105 Å². The second-order valence-electron chi connectivity index (χ2n) is 14.9. The van der Waals surface area contributed by atoms with Crippen LogP contribution in [0.1, 0.15) is 18.4 Å². The molecule has 2 aromatic heterocycles. The first-order chi connectivity index (χ1) is 21.3. The van der Waals surface area contributed by atoms with Crippen LogP contribution < -0.4 is 0 Å². The molecule has 0 aliphatic carbocycles. The van der Waals surface area contributed by atoms with Crippen LogP contribution in [-0.2, 0) is 21.5 Å². The number of hydrogen-bond donors (Lipinski definition) is 1. The fourth-order valence-electron chi connectivity index (χ4n) is 6.20. The van der Waals surface area contributed by atoms with E-state index in [9.17, 15) is 8.42 Å². The fourth-order valence-corrected chi connectivity index (χ4v) is 11.7. The summed E-state index contributed by atoms with van der Waals surface area (Å²) in [5.74, 6) is 0.972. The van der Waals surface area contributed by atoms with Gasteiger partial charge in [0.25, 0.3) is 0 Å². The van der Waals surface area contributed by atoms with Gasteiger partial charge in [0.15, 0.2) is 5.82 Å². The number of aliphatic imine (C=N–C) groups is 1. The molecule has 240 valence electrons. The number of fused-ring (bicyclic) bond motifs is 3. The van der Waals surface area contributed by atoms with Crippen molar-refractivity contribution in [1.29, 1.82) is 0 Å². The normalized spacial score (nSPS) is 19.7. The van der Waals surface area contributed by atoms with E-state index >= 15 is 0 Å². The molecule has 1 saturated heterocycles. The van der Waals surface area contributed by atoms with Gasteiger partial charge in [0, 0.05) is 53.0 Å². The first-order valence-corrected chi connectivity index (χ1v) is 25.1. The minimum absolute atomic E-state index is 0.0463. The van der Waals surface area contributed by atoms with Crippen LogP contribution in [0, 0.1) is 5.92 Å². The SMILES string of the molecule is C[Si](C)(C)CCOCn1nc(-c2nc3ccccc3[nH]2)c2cc(C3=CN=CC4C3CCCN4S(=O)(=O)CC[Si](C)(C)C)ccc21. The number of piperidine rings is 1. The summed E-state index contributed by atoms with van der Waals surface area (Å²) in [5.41, 5.74) is 5.70. The van der Waals surface area contributed by atoms with Gasteiger partial charge in [-0.1, -0.05) is 57.5 Å². The zero-order chi connectivity index (χ0) is 32.0. The molecule has 4 heterocycles. The van der Waals surface area contributed by atoms with Crippen molar-refractivity contribution in [2.45, 2.75) is 77.0 Å². The summed E-state index contributed by atoms with van der Waals surface area (Å²) in [4.78, 5) is 13.0. The van der Waals surface area contributed by atoms with Crippen LogP contribution in [0.3, 0.4) is 0 Å². The van der Waals surface area contributed by atoms with Crippen molar-refractivity contribution in [1.82, 2.24) is 24.1 Å². The maximum Gasteiger partial charge on any atom is 0.214 e. The van der Waals surface area contributed by atoms with Gasteiger partial charge >= 0.3 is 0 Å². The summed E-state index contributed by atoms with van der Waals surface area (Å²) in [5, 5.41) is 5.99. The lowest BCUT2D eigenvalue weighted by Crippen LogP contribution is -2.51. The van der Waals surface area contributed by atoms with E-state index in [0.29, 0.717) is 25.7 Å². The van der Waals surface area contributed by atoms with Gasteiger partial charge in [-0.25, -0.2) is 18.1 Å². The van der Waals surface area contributed by atoms with Crippen molar-refractivity contribution in [3.63, 3.8) is 0 Å². The predicted octanol–water partition coefficient (Wildman–Crippen LogP) is 7.07. The lowest BCUT2D eigenvalue weighted by Gasteiger charge is -2.41. The summed E-state index contributed by atoms with van der Waals surface area (Å²) in [7, 11) is -6.10. The third-order valence-corrected chi connectivity index (χ3v) is 14.5. The number of para-hydroxylation sites is 2. The number of aromatic nitrogens is 4. The first-order valence-electron chi connectivity index (χ1n) is 16.1. The van der Waals surface area contributed by atoms with Crippen molar-refractivity contribution >= 4 is 59.9 Å². The molecule has 0 spiro atoms. The van der Waals surface area contributed by atoms with Gasteiger partial charge in [-0.2, -0.15) is 9.40 Å². The molecular formula is C33H46N6O3SSi2. The van der Waals surface area contributed by atoms with Gasteiger partial charge in [-0.3, -0.25) is 4.99 Å². The average Bonchev–Trinajstić information content (AvgIpc) is 3.58. The highest BCUT2D eigenvalue weighted by atomic mass is 32.2. The summed E-state index contributed by atoms with van der Waals surface area (Å²) in [6.45, 7) is 15.3. The second kappa shape index (κ2) is 12.4. The number of nitrogens with one attached hydrogen (secondary N) is 1. The molecular weight excluding hydrogens is 617 g/mol. The van der Waals surface area contributed by atoms with Gasteiger partial charge < -0.3 is 9.72 Å². The van der Waals surface area contributed by atoms with Gasteiger partial charge in [0.1, 0.15) is 12.4 Å². The number of rotatable bonds is 11. The molecule has 0 amide bonds. The minimum Gasteiger partial charge on any atom is -0.360 e. The highest BCUT2D eigenvalue weighted by Gasteiger charge is 2.40. The van der Waals surface area contributed by atoms with Crippen molar-refractivity contribution in [2.24, 2.45) is 10.9 Å². The van der Waals surface area contributed by atoms with Crippen LogP contribution in [0.4, 0.5) is 0 Å². The fraction of sp³-hybridized carbons (Fsp3) is 0.485. The van der Waals surface area contributed by atoms with E-state index in [2.05, 4.69) is 67.5 Å². The Morgan fingerprint density at radius 2 is 1.80 bits per heavy atom. The molecule has 2 aliphatic heterocycles. The van der Waals surface area contributed by atoms with Crippen LogP contribution >= 0.6 is 0 Å². The number of imidazole rings is 1. The zero-order valence-corrected chi connectivity index (χ0v) is 30.2. The average molecular weight is 663 g/mol. The summed E-state index contributed by atoms with van der Waals surface area (Å²) >= 11 is 0. The first kappa shape index (κ1) is 32.1. The Kier molecular flexibility index (Phi) is 8.81. The van der Waals surface area contributed by atoms with E-state index in [4.69, 9.17) is 14.8 Å². The lowest BCUT2D eigenvalue weighted by molar-refractivity contribution is 0.0818. The van der Waals surface area contributed by atoms with Crippen molar-refractivity contribution < 1.29 is 13.2 Å². The van der Waals surface area contributed by atoms with E-state index in [1.807, 2.05) is 41.4 Å². The standard InChI is InChI=1S/C33H46N6O3SSi2/c1-44(2,3)18-16-42-23-38-30-14-13-24(20-26(30)32(37-38)33-35-28-11-7-8-12-29(28)36-33)27-21-34-22-31-25(27)10-9-15-39(31)43(40,41)17-19-45(4,5)6/h7-8,11-14,20-22,25,31H,9-10,15-19,23H2,1-6H3,(H,35,36). The molecule has 2 aromatic carbocycles. The number of nitrogens with zero attached hydrogens (tertiary/aromatic N) is 5. The molecule has 12 heteroatoms. The van der Waals surface area contributed by atoms with Crippen molar-refractivity contribution in [3.8, 4) is 11.5 Å². The van der Waals surface area contributed by atoms with Crippen molar-refractivity contribution in [3.05, 3.63) is 54.2 Å². The highest BCUT2D eigenvalue weighted by molar-refractivity contribution is 7.89. The number of sulfonamides is 1. The third kappa shape index (κ3) is 7.09. The van der Waals surface area contributed by atoms with E-state index in [0.717, 1.165) is 63.7 Å². The Labute approximate surface area is 268 Å². The van der Waals surface area contributed by atoms with Crippen LogP contribution in [0.15, 0.2) is 53.7 Å². The molecule has 0 radical (unpaired) electrons. The van der Waals surface area contributed by atoms with Crippen LogP contribution in [0.25, 0.3) is 39.0 Å². The van der Waals surface area contributed by atoms with Gasteiger partial charge in [0.2, 0.25) is 10.0 Å². The molecule has 2 atom stereocenters. The molecule has 0 bridgehead atoms. The quantitative estimate of drug-likeness (QED) is 0.137. The molecule has 2 unspecified atom stereocenters. The van der Waals surface area contributed by atoms with Gasteiger partial charge in [-0.15, -0.1) is 0 Å². The monoisotopic (exact) mass is 662 g/mol. The molecule has 0 saturated carbocycles.